The molecule has 0 aromatic carbocycles. The zero-order valence-corrected chi connectivity index (χ0v) is 10.9. The largest absolute Gasteiger partial charge is 0.490 e. The molecule has 0 bridgehead atoms. The van der Waals surface area contributed by atoms with E-state index < -0.39 is 0 Å². The van der Waals surface area contributed by atoms with E-state index in [4.69, 9.17) is 21.1 Å². The summed E-state index contributed by atoms with van der Waals surface area (Å²) in [6.07, 6.45) is 2.44. The van der Waals surface area contributed by atoms with Gasteiger partial charge in [-0.3, -0.25) is 0 Å². The van der Waals surface area contributed by atoms with Crippen LogP contribution in [0.1, 0.15) is 20.3 Å². The zero-order chi connectivity index (χ0) is 12.5. The summed E-state index contributed by atoms with van der Waals surface area (Å²) in [7, 11) is 1.55. The number of rotatable bonds is 3. The number of nitrogens with zero attached hydrogens (tertiary/aromatic N) is 2. The molecule has 1 aliphatic rings. The predicted molar refractivity (Wildman–Crippen MR) is 65.7 cm³/mol. The van der Waals surface area contributed by atoms with Gasteiger partial charge >= 0.3 is 0 Å². The zero-order valence-electron chi connectivity index (χ0n) is 10.2. The van der Waals surface area contributed by atoms with Crippen LogP contribution in [0.5, 0.6) is 5.75 Å². The Morgan fingerprint density at radius 1 is 1.59 bits per heavy atom. The van der Waals surface area contributed by atoms with E-state index in [1.54, 1.807) is 7.11 Å². The van der Waals surface area contributed by atoms with E-state index >= 15 is 0 Å². The van der Waals surface area contributed by atoms with Gasteiger partial charge in [0.05, 0.1) is 18.8 Å². The van der Waals surface area contributed by atoms with E-state index in [0.717, 1.165) is 13.0 Å². The van der Waals surface area contributed by atoms with Gasteiger partial charge in [-0.1, -0.05) is 11.6 Å². The molecular weight excluding hydrogens is 242 g/mol. The predicted octanol–water partition coefficient (Wildman–Crippen LogP) is 2.12. The van der Waals surface area contributed by atoms with E-state index in [-0.39, 0.29) is 11.6 Å². The lowest BCUT2D eigenvalue weighted by atomic mass is 9.95. The van der Waals surface area contributed by atoms with Gasteiger partial charge in [0.2, 0.25) is 0 Å². The summed E-state index contributed by atoms with van der Waals surface area (Å²) in [6, 6.07) is 0. The third-order valence-corrected chi connectivity index (χ3v) is 3.52. The Hall–Kier alpha value is -1.07. The van der Waals surface area contributed by atoms with Crippen molar-refractivity contribution in [1.82, 2.24) is 9.97 Å². The molecule has 2 atom stereocenters. The molecule has 0 amide bonds. The minimum atomic E-state index is -0.162. The molecule has 1 saturated heterocycles. The van der Waals surface area contributed by atoms with E-state index in [0.29, 0.717) is 16.7 Å². The van der Waals surface area contributed by atoms with Crippen LogP contribution in [0.25, 0.3) is 0 Å². The van der Waals surface area contributed by atoms with Crippen molar-refractivity contribution in [3.63, 3.8) is 0 Å². The van der Waals surface area contributed by atoms with Crippen LogP contribution in [-0.2, 0) is 4.74 Å². The molecule has 17 heavy (non-hydrogen) atoms. The molecule has 1 N–H and O–H groups in total. The number of halogens is 1. The molecule has 1 aromatic rings. The van der Waals surface area contributed by atoms with E-state index in [2.05, 4.69) is 22.2 Å². The van der Waals surface area contributed by atoms with Crippen molar-refractivity contribution >= 4 is 17.4 Å². The van der Waals surface area contributed by atoms with Crippen LogP contribution in [-0.4, -0.2) is 35.3 Å². The number of nitrogens with one attached hydrogen (secondary N) is 1. The quantitative estimate of drug-likeness (QED) is 0.841. The highest BCUT2D eigenvalue weighted by Crippen LogP contribution is 2.34. The molecule has 2 heterocycles. The highest BCUT2D eigenvalue weighted by Gasteiger charge is 2.38. The number of hydrogen-bond acceptors (Lipinski definition) is 5. The third-order valence-electron chi connectivity index (χ3n) is 3.25. The SMILES string of the molecule is COc1c(Cl)ncnc1NC1(C)CCOC1C. The van der Waals surface area contributed by atoms with E-state index in [1.807, 2.05) is 6.92 Å². The smallest absolute Gasteiger partial charge is 0.198 e. The lowest BCUT2D eigenvalue weighted by molar-refractivity contribution is 0.105. The number of hydrogen-bond donors (Lipinski definition) is 1. The molecule has 6 heteroatoms. The number of methoxy groups -OCH3 is 1. The Morgan fingerprint density at radius 3 is 2.94 bits per heavy atom. The normalized spacial score (nSPS) is 28.1. The van der Waals surface area contributed by atoms with Crippen LogP contribution >= 0.6 is 11.6 Å². The van der Waals surface area contributed by atoms with Gasteiger partial charge in [0.25, 0.3) is 0 Å². The molecule has 1 fully saturated rings. The summed E-state index contributed by atoms with van der Waals surface area (Å²) in [5.74, 6) is 1.07. The molecule has 2 rings (SSSR count). The highest BCUT2D eigenvalue weighted by atomic mass is 35.5. The van der Waals surface area contributed by atoms with Crippen LogP contribution in [0.4, 0.5) is 5.82 Å². The molecule has 5 nitrogen and oxygen atoms in total. The molecule has 0 saturated carbocycles. The Kier molecular flexibility index (Phi) is 3.40. The van der Waals surface area contributed by atoms with Crippen LogP contribution in [0, 0.1) is 0 Å². The summed E-state index contributed by atoms with van der Waals surface area (Å²) >= 11 is 5.95. The minimum absolute atomic E-state index is 0.112. The Balaban J connectivity index is 2.27. The lowest BCUT2D eigenvalue weighted by Crippen LogP contribution is -2.41. The van der Waals surface area contributed by atoms with Gasteiger partial charge in [-0.15, -0.1) is 0 Å². The van der Waals surface area contributed by atoms with Crippen molar-refractivity contribution in [1.29, 1.82) is 0 Å². The third kappa shape index (κ3) is 2.30. The van der Waals surface area contributed by atoms with E-state index in [9.17, 15) is 0 Å². The topological polar surface area (TPSA) is 56.3 Å². The monoisotopic (exact) mass is 257 g/mol. The van der Waals surface area contributed by atoms with Crippen molar-refractivity contribution in [2.45, 2.75) is 31.9 Å². The van der Waals surface area contributed by atoms with Gasteiger partial charge in [0.1, 0.15) is 6.33 Å². The maximum atomic E-state index is 5.95. The molecule has 94 valence electrons. The number of anilines is 1. The van der Waals surface area contributed by atoms with Crippen molar-refractivity contribution in [2.75, 3.05) is 19.0 Å². The standard InChI is InChI=1S/C11H16ClN3O2/c1-7-11(2,4-5-17-7)15-10-8(16-3)9(12)13-6-14-10/h6-7H,4-5H2,1-3H3,(H,13,14,15). The van der Waals surface area contributed by atoms with Crippen molar-refractivity contribution in [2.24, 2.45) is 0 Å². The van der Waals surface area contributed by atoms with Crippen molar-refractivity contribution in [3.05, 3.63) is 11.5 Å². The molecule has 1 aliphatic heterocycles. The highest BCUT2D eigenvalue weighted by molar-refractivity contribution is 6.31. The fraction of sp³-hybridized carbons (Fsp3) is 0.636. The fourth-order valence-electron chi connectivity index (χ4n) is 1.89. The second-order valence-electron chi connectivity index (χ2n) is 4.35. The van der Waals surface area contributed by atoms with Gasteiger partial charge in [-0.05, 0) is 20.3 Å². The average molecular weight is 258 g/mol. The van der Waals surface area contributed by atoms with Crippen molar-refractivity contribution in [3.8, 4) is 5.75 Å². The lowest BCUT2D eigenvalue weighted by Gasteiger charge is -2.30. The van der Waals surface area contributed by atoms with Gasteiger partial charge in [0, 0.05) is 6.61 Å². The van der Waals surface area contributed by atoms with Gasteiger partial charge < -0.3 is 14.8 Å². The Labute approximate surface area is 105 Å². The minimum Gasteiger partial charge on any atom is -0.490 e. The van der Waals surface area contributed by atoms with Crippen LogP contribution in [0.15, 0.2) is 6.33 Å². The summed E-state index contributed by atoms with van der Waals surface area (Å²) in [5, 5.41) is 3.65. The first-order valence-corrected chi connectivity index (χ1v) is 5.89. The molecule has 1 aromatic heterocycles. The molecule has 0 radical (unpaired) electrons. The second-order valence-corrected chi connectivity index (χ2v) is 4.71. The first-order chi connectivity index (χ1) is 8.07. The van der Waals surface area contributed by atoms with Gasteiger partial charge in [-0.2, -0.15) is 0 Å². The van der Waals surface area contributed by atoms with E-state index in [1.165, 1.54) is 6.33 Å². The molecule has 2 unspecified atom stereocenters. The maximum absolute atomic E-state index is 5.95. The van der Waals surface area contributed by atoms with Crippen LogP contribution < -0.4 is 10.1 Å². The molecular formula is C11H16ClN3O2. The summed E-state index contributed by atoms with van der Waals surface area (Å²) in [6.45, 7) is 4.88. The first kappa shape index (κ1) is 12.4. The molecule has 0 aliphatic carbocycles. The number of ether oxygens (including phenoxy) is 2. The second kappa shape index (κ2) is 4.66. The Bertz CT molecular complexity index is 416. The Morgan fingerprint density at radius 2 is 2.35 bits per heavy atom. The average Bonchev–Trinajstić information content (AvgIpc) is 2.59. The van der Waals surface area contributed by atoms with Gasteiger partial charge in [0.15, 0.2) is 16.7 Å². The van der Waals surface area contributed by atoms with Crippen LogP contribution in [0.2, 0.25) is 5.15 Å². The summed E-state index contributed by atoms with van der Waals surface area (Å²) in [5.41, 5.74) is -0.162. The first-order valence-electron chi connectivity index (χ1n) is 5.51. The number of aromatic nitrogens is 2. The summed E-state index contributed by atoms with van der Waals surface area (Å²) < 4.78 is 10.8. The maximum Gasteiger partial charge on any atom is 0.198 e. The van der Waals surface area contributed by atoms with Gasteiger partial charge in [-0.25, -0.2) is 9.97 Å². The molecule has 0 spiro atoms. The fourth-order valence-corrected chi connectivity index (χ4v) is 2.10. The van der Waals surface area contributed by atoms with Crippen molar-refractivity contribution < 1.29 is 9.47 Å². The summed E-state index contributed by atoms with van der Waals surface area (Å²) in [4.78, 5) is 8.05. The van der Waals surface area contributed by atoms with Crippen LogP contribution in [0.3, 0.4) is 0 Å².